The van der Waals surface area contributed by atoms with Crippen LogP contribution >= 0.6 is 11.6 Å². The Balaban J connectivity index is 1.97. The SMILES string of the molecule is C=C1C[C@H](OC(C)=O)[C@H](O)[C@]2(C)[C@H]([C@@H](C)[C@@H](O)[C@@H]3O[C@@H]32)[C@@H](OC(C)=O)[C@]2(O)[C@@H](C)C(=O)O[C@H]2[C@H]1Cl. The quantitative estimate of drug-likeness (QED) is 0.155. The van der Waals surface area contributed by atoms with Crippen LogP contribution in [0.4, 0.5) is 0 Å². The predicted octanol–water partition coefficient (Wildman–Crippen LogP) is 0.471. The average Bonchev–Trinajstić information content (AvgIpc) is 3.54. The van der Waals surface area contributed by atoms with Gasteiger partial charge in [-0.3, -0.25) is 14.4 Å². The lowest BCUT2D eigenvalue weighted by molar-refractivity contribution is -0.229. The van der Waals surface area contributed by atoms with Crippen molar-refractivity contribution in [1.82, 2.24) is 0 Å². The van der Waals surface area contributed by atoms with Crippen LogP contribution in [0, 0.1) is 23.2 Å². The molecule has 0 amide bonds. The highest BCUT2D eigenvalue weighted by molar-refractivity contribution is 6.23. The molecule has 10 nitrogen and oxygen atoms in total. The molecule has 196 valence electrons. The molecule has 35 heavy (non-hydrogen) atoms. The summed E-state index contributed by atoms with van der Waals surface area (Å²) in [5, 5.41) is 33.7. The van der Waals surface area contributed by atoms with Crippen molar-refractivity contribution in [3.8, 4) is 0 Å². The third kappa shape index (κ3) is 3.80. The van der Waals surface area contributed by atoms with Crippen molar-refractivity contribution in [2.45, 2.75) is 94.7 Å². The minimum absolute atomic E-state index is 0.0811. The second kappa shape index (κ2) is 8.69. The normalized spacial score (nSPS) is 51.3. The second-order valence-electron chi connectivity index (χ2n) is 10.6. The van der Waals surface area contributed by atoms with E-state index in [4.69, 9.17) is 30.5 Å². The Bertz CT molecular complexity index is 939. The smallest absolute Gasteiger partial charge is 0.312 e. The summed E-state index contributed by atoms with van der Waals surface area (Å²) < 4.78 is 22.5. The van der Waals surface area contributed by atoms with E-state index in [1.54, 1.807) is 13.8 Å². The highest BCUT2D eigenvalue weighted by Crippen LogP contribution is 2.61. The summed E-state index contributed by atoms with van der Waals surface area (Å²) in [6.07, 6.45) is -7.67. The number of esters is 3. The number of alkyl halides is 1. The van der Waals surface area contributed by atoms with Gasteiger partial charge in [0.05, 0.1) is 29.6 Å². The van der Waals surface area contributed by atoms with Crippen LogP contribution < -0.4 is 0 Å². The molecule has 2 saturated carbocycles. The summed E-state index contributed by atoms with van der Waals surface area (Å²) in [6.45, 7) is 11.2. The van der Waals surface area contributed by atoms with Crippen molar-refractivity contribution < 1.29 is 48.7 Å². The van der Waals surface area contributed by atoms with Crippen LogP contribution in [-0.2, 0) is 33.3 Å². The Morgan fingerprint density at radius 3 is 2.31 bits per heavy atom. The fraction of sp³-hybridized carbons (Fsp3) is 0.792. The maximum atomic E-state index is 12.8. The van der Waals surface area contributed by atoms with Crippen LogP contribution in [0.15, 0.2) is 12.2 Å². The molecule has 0 aromatic heterocycles. The lowest BCUT2D eigenvalue weighted by atomic mass is 9.53. The first-order valence-corrected chi connectivity index (χ1v) is 12.2. The molecule has 2 aliphatic carbocycles. The fourth-order valence-corrected chi connectivity index (χ4v) is 6.97. The molecule has 4 aliphatic rings. The summed E-state index contributed by atoms with van der Waals surface area (Å²) >= 11 is 6.68. The van der Waals surface area contributed by atoms with Gasteiger partial charge in [0.1, 0.15) is 18.3 Å². The standard InChI is InChI=1S/C24H33ClO10/c1-8-7-13(32-11(4)26)18(29)23(6)14(9(2)16(28)17-21(23)34-17)19(33-12(5)27)24(31)10(3)22(30)35-20(24)15(8)25/h9-10,13-21,28-29,31H,1,7H2,2-6H3/t9-,10+,13+,14-,15+,16-,17+,18+,19-,20+,21+,23+,24-/m1/s1. The van der Waals surface area contributed by atoms with Crippen LogP contribution in [0.2, 0.25) is 0 Å². The number of hydrogen-bond donors (Lipinski definition) is 3. The summed E-state index contributed by atoms with van der Waals surface area (Å²) in [7, 11) is 0. The van der Waals surface area contributed by atoms with Crippen LogP contribution in [0.25, 0.3) is 0 Å². The molecule has 2 aliphatic heterocycles. The Kier molecular flexibility index (Phi) is 6.54. The number of fused-ring (bicyclic) bond motifs is 4. The van der Waals surface area contributed by atoms with E-state index >= 15 is 0 Å². The van der Waals surface area contributed by atoms with Crippen LogP contribution in [0.1, 0.15) is 41.0 Å². The molecule has 2 saturated heterocycles. The van der Waals surface area contributed by atoms with Gasteiger partial charge < -0.3 is 34.3 Å². The monoisotopic (exact) mass is 516 g/mol. The van der Waals surface area contributed by atoms with Crippen molar-refractivity contribution in [3.63, 3.8) is 0 Å². The van der Waals surface area contributed by atoms with Gasteiger partial charge in [0.2, 0.25) is 0 Å². The van der Waals surface area contributed by atoms with Crippen molar-refractivity contribution >= 4 is 29.5 Å². The van der Waals surface area contributed by atoms with Crippen molar-refractivity contribution in [2.24, 2.45) is 23.2 Å². The van der Waals surface area contributed by atoms with E-state index in [1.165, 1.54) is 13.8 Å². The number of halogens is 1. The molecule has 0 unspecified atom stereocenters. The van der Waals surface area contributed by atoms with E-state index in [9.17, 15) is 29.7 Å². The average molecular weight is 517 g/mol. The molecule has 4 rings (SSSR count). The summed E-state index contributed by atoms with van der Waals surface area (Å²) in [6, 6.07) is 0. The zero-order valence-electron chi connectivity index (χ0n) is 20.3. The van der Waals surface area contributed by atoms with E-state index < -0.39 is 94.8 Å². The third-order valence-corrected chi connectivity index (χ3v) is 9.08. The molecular weight excluding hydrogens is 484 g/mol. The van der Waals surface area contributed by atoms with Gasteiger partial charge in [-0.15, -0.1) is 11.6 Å². The van der Waals surface area contributed by atoms with Gasteiger partial charge in [0.25, 0.3) is 0 Å². The van der Waals surface area contributed by atoms with Gasteiger partial charge in [0.15, 0.2) is 11.7 Å². The maximum Gasteiger partial charge on any atom is 0.312 e. The molecule has 4 fully saturated rings. The minimum Gasteiger partial charge on any atom is -0.459 e. The van der Waals surface area contributed by atoms with Gasteiger partial charge >= 0.3 is 17.9 Å². The minimum atomic E-state index is -2.12. The van der Waals surface area contributed by atoms with Crippen LogP contribution in [0.3, 0.4) is 0 Å². The lowest BCUT2D eigenvalue weighted by Gasteiger charge is -2.55. The second-order valence-corrected chi connectivity index (χ2v) is 11.1. The van der Waals surface area contributed by atoms with Crippen molar-refractivity contribution in [2.75, 3.05) is 0 Å². The van der Waals surface area contributed by atoms with E-state index in [2.05, 4.69) is 6.58 Å². The van der Waals surface area contributed by atoms with E-state index in [0.717, 1.165) is 6.92 Å². The van der Waals surface area contributed by atoms with Crippen molar-refractivity contribution in [3.05, 3.63) is 12.2 Å². The fourth-order valence-electron chi connectivity index (χ4n) is 6.63. The summed E-state index contributed by atoms with van der Waals surface area (Å²) in [4.78, 5) is 37.1. The van der Waals surface area contributed by atoms with Crippen molar-refractivity contribution in [1.29, 1.82) is 0 Å². The highest BCUT2D eigenvalue weighted by atomic mass is 35.5. The first kappa shape index (κ1) is 26.3. The van der Waals surface area contributed by atoms with E-state index in [-0.39, 0.29) is 12.0 Å². The first-order valence-electron chi connectivity index (χ1n) is 11.8. The van der Waals surface area contributed by atoms with Crippen LogP contribution in [-0.4, -0.2) is 86.9 Å². The first-order chi connectivity index (χ1) is 16.2. The molecule has 13 atom stereocenters. The van der Waals surface area contributed by atoms with Gasteiger partial charge in [-0.25, -0.2) is 0 Å². The zero-order chi connectivity index (χ0) is 26.2. The number of aliphatic hydroxyl groups excluding tert-OH is 2. The number of epoxide rings is 1. The highest BCUT2D eigenvalue weighted by Gasteiger charge is 2.75. The zero-order valence-corrected chi connectivity index (χ0v) is 21.1. The lowest BCUT2D eigenvalue weighted by Crippen LogP contribution is -2.69. The summed E-state index contributed by atoms with van der Waals surface area (Å²) in [5.41, 5.74) is -3.15. The Morgan fingerprint density at radius 1 is 1.14 bits per heavy atom. The third-order valence-electron chi connectivity index (χ3n) is 8.55. The Hall–Kier alpha value is -1.72. The number of hydrogen-bond acceptors (Lipinski definition) is 10. The molecule has 0 aromatic rings. The molecule has 0 spiro atoms. The number of carbonyl (C=O) groups excluding carboxylic acids is 3. The molecule has 0 bridgehead atoms. The van der Waals surface area contributed by atoms with Gasteiger partial charge in [-0.2, -0.15) is 0 Å². The number of ether oxygens (including phenoxy) is 4. The Labute approximate surface area is 208 Å². The van der Waals surface area contributed by atoms with Gasteiger partial charge in [-0.1, -0.05) is 26.0 Å². The summed E-state index contributed by atoms with van der Waals surface area (Å²) in [5.74, 6) is -4.91. The molecule has 2 heterocycles. The van der Waals surface area contributed by atoms with E-state index in [0.29, 0.717) is 0 Å². The maximum absolute atomic E-state index is 12.8. The molecule has 11 heteroatoms. The molecule has 0 radical (unpaired) electrons. The number of rotatable bonds is 2. The number of carbonyl (C=O) groups is 3. The Morgan fingerprint density at radius 2 is 1.74 bits per heavy atom. The van der Waals surface area contributed by atoms with Crippen LogP contribution in [0.5, 0.6) is 0 Å². The molecule has 0 aromatic carbocycles. The largest absolute Gasteiger partial charge is 0.459 e. The van der Waals surface area contributed by atoms with Gasteiger partial charge in [0, 0.05) is 31.6 Å². The molecule has 3 N–H and O–H groups in total. The van der Waals surface area contributed by atoms with E-state index in [1.807, 2.05) is 0 Å². The molecular formula is C24H33ClO10. The topological polar surface area (TPSA) is 152 Å². The van der Waals surface area contributed by atoms with Gasteiger partial charge in [-0.05, 0) is 12.8 Å². The number of aliphatic hydroxyl groups is 3. The predicted molar refractivity (Wildman–Crippen MR) is 120 cm³/mol.